The quantitative estimate of drug-likeness (QED) is 0.328. The van der Waals surface area contributed by atoms with E-state index in [-0.39, 0.29) is 4.83 Å². The van der Waals surface area contributed by atoms with E-state index in [2.05, 4.69) is 90.1 Å². The van der Waals surface area contributed by atoms with Crippen molar-refractivity contribution >= 4 is 28.4 Å². The van der Waals surface area contributed by atoms with Crippen molar-refractivity contribution in [2.45, 2.75) is 54.9 Å². The van der Waals surface area contributed by atoms with E-state index in [1.807, 2.05) is 36.7 Å². The second-order valence-electron chi connectivity index (χ2n) is 8.13. The lowest BCUT2D eigenvalue weighted by molar-refractivity contribution is 0.308. The van der Waals surface area contributed by atoms with Crippen molar-refractivity contribution in [2.24, 2.45) is 36.8 Å². The molecule has 4 unspecified atom stereocenters. The fourth-order valence-corrected chi connectivity index (χ4v) is 5.40. The number of halogens is 1. The van der Waals surface area contributed by atoms with Crippen molar-refractivity contribution in [3.63, 3.8) is 0 Å². The summed E-state index contributed by atoms with van der Waals surface area (Å²) in [6.45, 7) is 2.22. The van der Waals surface area contributed by atoms with Gasteiger partial charge in [-0.05, 0) is 46.8 Å². The molecule has 4 atom stereocenters. The van der Waals surface area contributed by atoms with Gasteiger partial charge in [0, 0.05) is 0 Å². The summed E-state index contributed by atoms with van der Waals surface area (Å²) in [5, 5.41) is 25.3. The highest BCUT2D eigenvalue weighted by Crippen LogP contribution is 2.43. The molecule has 0 N–H and O–H groups in total. The summed E-state index contributed by atoms with van der Waals surface area (Å²) in [5.74, 6) is 0.334. The van der Waals surface area contributed by atoms with Crippen LogP contribution in [0.3, 0.4) is 0 Å². The molecule has 7 heteroatoms. The van der Waals surface area contributed by atoms with Gasteiger partial charge in [-0.25, -0.2) is 0 Å². The summed E-state index contributed by atoms with van der Waals surface area (Å²) in [6, 6.07) is 20.7. The van der Waals surface area contributed by atoms with Crippen LogP contribution < -0.4 is 0 Å². The Kier molecular flexibility index (Phi) is 6.80. The molecule has 160 valence electrons. The average molecular weight is 479 g/mol. The number of hydrogen-bond acceptors (Lipinski definition) is 6. The molecule has 0 bridgehead atoms. The molecule has 0 saturated carbocycles. The lowest BCUT2D eigenvalue weighted by Crippen LogP contribution is -2.35. The Morgan fingerprint density at radius 2 is 1.29 bits per heavy atom. The van der Waals surface area contributed by atoms with Gasteiger partial charge in [-0.3, -0.25) is 0 Å². The van der Waals surface area contributed by atoms with E-state index in [9.17, 15) is 0 Å². The van der Waals surface area contributed by atoms with Gasteiger partial charge in [0.1, 0.15) is 5.54 Å². The van der Waals surface area contributed by atoms with E-state index < -0.39 is 11.1 Å². The second-order valence-corrected chi connectivity index (χ2v) is 9.24. The van der Waals surface area contributed by atoms with Crippen molar-refractivity contribution in [1.82, 2.24) is 0 Å². The highest BCUT2D eigenvalue weighted by molar-refractivity contribution is 9.09. The van der Waals surface area contributed by atoms with Crippen LogP contribution in [0.4, 0.5) is 0 Å². The zero-order valence-corrected chi connectivity index (χ0v) is 19.3. The van der Waals surface area contributed by atoms with Gasteiger partial charge in [-0.1, -0.05) is 96.4 Å². The highest BCUT2D eigenvalue weighted by Gasteiger charge is 2.43. The molecule has 2 aromatic rings. The van der Waals surface area contributed by atoms with Crippen LogP contribution in [-0.4, -0.2) is 17.3 Å². The predicted molar refractivity (Wildman–Crippen MR) is 128 cm³/mol. The molecule has 0 aliphatic carbocycles. The van der Waals surface area contributed by atoms with Gasteiger partial charge in [-0.2, -0.15) is 10.2 Å². The average Bonchev–Trinajstić information content (AvgIpc) is 3.51. The molecule has 2 heterocycles. The molecule has 31 heavy (non-hydrogen) atoms. The van der Waals surface area contributed by atoms with Crippen LogP contribution in [0.25, 0.3) is 0 Å². The van der Waals surface area contributed by atoms with E-state index in [0.29, 0.717) is 5.92 Å². The first kappa shape index (κ1) is 21.7. The third-order valence-corrected chi connectivity index (χ3v) is 7.41. The molecule has 0 aromatic heterocycles. The van der Waals surface area contributed by atoms with Gasteiger partial charge in [0.15, 0.2) is 5.54 Å². The standard InChI is InChI=1S/C24H27BrN6/c1-2-10-19(23(17-26-30-28-23)20-11-5-3-6-12-20)15-9-16-22(25)24(18-27-31-29-24)21-13-7-4-8-14-21/h3-8,11-14,17-19,22H,2,9-10,15-16H2,1H3. The summed E-state index contributed by atoms with van der Waals surface area (Å²) in [4.78, 5) is 0.103. The molecule has 0 radical (unpaired) electrons. The van der Waals surface area contributed by atoms with Gasteiger partial charge >= 0.3 is 0 Å². The molecule has 2 aromatic carbocycles. The molecular weight excluding hydrogens is 452 g/mol. The molecule has 2 aliphatic heterocycles. The fraction of sp³-hybridized carbons (Fsp3) is 0.417. The third kappa shape index (κ3) is 4.28. The van der Waals surface area contributed by atoms with Crippen LogP contribution in [-0.2, 0) is 11.1 Å². The van der Waals surface area contributed by atoms with Crippen LogP contribution in [0.15, 0.2) is 91.5 Å². The summed E-state index contributed by atoms with van der Waals surface area (Å²) in [5.41, 5.74) is 1.24. The molecule has 2 aliphatic rings. The SMILES string of the molecule is CCCC(CCCC(Br)C1(c2ccccc2)C=NN=N1)C1(c2ccccc2)C=NN=N1. The highest BCUT2D eigenvalue weighted by atomic mass is 79.9. The minimum Gasteiger partial charge on any atom is -0.151 e. The molecule has 0 saturated heterocycles. The van der Waals surface area contributed by atoms with Crippen molar-refractivity contribution in [3.05, 3.63) is 71.8 Å². The lowest BCUT2D eigenvalue weighted by Gasteiger charge is -2.33. The zero-order valence-electron chi connectivity index (χ0n) is 17.7. The summed E-state index contributed by atoms with van der Waals surface area (Å²) in [6.07, 6.45) is 8.93. The topological polar surface area (TPSA) is 74.2 Å². The van der Waals surface area contributed by atoms with E-state index in [4.69, 9.17) is 0 Å². The number of alkyl halides is 1. The molecule has 0 fully saturated rings. The van der Waals surface area contributed by atoms with Crippen LogP contribution in [0.1, 0.15) is 50.2 Å². The van der Waals surface area contributed by atoms with Crippen molar-refractivity contribution < 1.29 is 0 Å². The van der Waals surface area contributed by atoms with Gasteiger partial charge in [0.25, 0.3) is 0 Å². The minimum absolute atomic E-state index is 0.103. The van der Waals surface area contributed by atoms with E-state index in [1.165, 1.54) is 0 Å². The van der Waals surface area contributed by atoms with Gasteiger partial charge in [0.05, 0.1) is 17.3 Å². The second kappa shape index (κ2) is 9.73. The molecular formula is C24H27BrN6. The molecule has 0 amide bonds. The largest absolute Gasteiger partial charge is 0.158 e. The Bertz CT molecular complexity index is 946. The first-order valence-corrected chi connectivity index (χ1v) is 11.8. The fourth-order valence-electron chi connectivity index (χ4n) is 4.60. The predicted octanol–water partition coefficient (Wildman–Crippen LogP) is 7.03. The first-order valence-electron chi connectivity index (χ1n) is 10.9. The van der Waals surface area contributed by atoms with E-state index in [1.54, 1.807) is 0 Å². The monoisotopic (exact) mass is 478 g/mol. The zero-order chi connectivity index (χ0) is 21.6. The normalized spacial score (nSPS) is 25.9. The molecule has 4 rings (SSSR count). The van der Waals surface area contributed by atoms with Crippen LogP contribution in [0.2, 0.25) is 0 Å². The Labute approximate surface area is 191 Å². The maximum atomic E-state index is 4.63. The molecule has 6 nitrogen and oxygen atoms in total. The summed E-state index contributed by atoms with van der Waals surface area (Å²) < 4.78 is 0. The van der Waals surface area contributed by atoms with Crippen LogP contribution >= 0.6 is 15.9 Å². The maximum absolute atomic E-state index is 4.63. The first-order chi connectivity index (χ1) is 15.2. The van der Waals surface area contributed by atoms with Crippen LogP contribution in [0.5, 0.6) is 0 Å². The Balaban J connectivity index is 1.49. The smallest absolute Gasteiger partial charge is 0.151 e. The third-order valence-electron chi connectivity index (χ3n) is 6.25. The Morgan fingerprint density at radius 3 is 1.81 bits per heavy atom. The number of hydrogen-bond donors (Lipinski definition) is 0. The van der Waals surface area contributed by atoms with Gasteiger partial charge in [-0.15, -0.1) is 10.2 Å². The van der Waals surface area contributed by atoms with E-state index in [0.717, 1.165) is 43.2 Å². The summed E-state index contributed by atoms with van der Waals surface area (Å²) >= 11 is 3.92. The number of nitrogens with zero attached hydrogens (tertiary/aromatic N) is 6. The number of rotatable bonds is 10. The van der Waals surface area contributed by atoms with Crippen LogP contribution in [0, 0.1) is 5.92 Å². The summed E-state index contributed by atoms with van der Waals surface area (Å²) in [7, 11) is 0. The van der Waals surface area contributed by atoms with Gasteiger partial charge in [0.2, 0.25) is 0 Å². The lowest BCUT2D eigenvalue weighted by atomic mass is 9.74. The van der Waals surface area contributed by atoms with Gasteiger partial charge < -0.3 is 0 Å². The number of benzene rings is 2. The van der Waals surface area contributed by atoms with Crippen molar-refractivity contribution in [2.75, 3.05) is 0 Å². The van der Waals surface area contributed by atoms with Crippen molar-refractivity contribution in [3.8, 4) is 0 Å². The minimum atomic E-state index is -0.548. The maximum Gasteiger partial charge on any atom is 0.158 e. The van der Waals surface area contributed by atoms with Crippen molar-refractivity contribution in [1.29, 1.82) is 0 Å². The molecule has 0 spiro atoms. The Morgan fingerprint density at radius 1 is 0.742 bits per heavy atom. The van der Waals surface area contributed by atoms with E-state index >= 15 is 0 Å². The Hall–Kier alpha value is -2.54.